The van der Waals surface area contributed by atoms with Crippen LogP contribution in [0.25, 0.3) is 50.6 Å². The van der Waals surface area contributed by atoms with Gasteiger partial charge < -0.3 is 10.0 Å². The van der Waals surface area contributed by atoms with Crippen molar-refractivity contribution in [1.82, 2.24) is 0 Å². The first-order chi connectivity index (χ1) is 25.5. The van der Waals surface area contributed by atoms with Gasteiger partial charge in [-0.1, -0.05) is 121 Å². The standard InChI is InChI=1S/C46H32N2O2S2/c47-32-38(46(49)50)31-42-27-28-44(51-42)45-30-29-43(52-45)37-19-25-41(26-20-37)48(39-21-15-35(16-22-39)13-11-33-7-3-1-4-8-33)40-23-17-36(18-24-40)14-12-34-9-5-2-6-10-34/h1-31H,(H,49,50)/b13-11+,14-12+,38-31+. The Kier molecular flexibility index (Phi) is 10.5. The fraction of sp³-hybridized carbons (Fsp3) is 0. The SMILES string of the molecule is N#C/C(=C\c1ccc(-c2ccc(-c3ccc(N(c4ccc(/C=C/c5ccccc5)cc4)c4ccc(/C=C/c5ccccc5)cc4)cc3)s2)s1)C(=O)O. The summed E-state index contributed by atoms with van der Waals surface area (Å²) in [4.78, 5) is 17.5. The van der Waals surface area contributed by atoms with Gasteiger partial charge in [0.1, 0.15) is 11.6 Å². The molecule has 5 aromatic carbocycles. The van der Waals surface area contributed by atoms with Gasteiger partial charge in [0.05, 0.1) is 0 Å². The predicted octanol–water partition coefficient (Wildman–Crippen LogP) is 12.9. The van der Waals surface area contributed by atoms with Crippen molar-refractivity contribution in [2.24, 2.45) is 0 Å². The number of thiophene rings is 2. The number of hydrogen-bond acceptors (Lipinski definition) is 5. The molecular formula is C46H32N2O2S2. The number of benzene rings is 5. The van der Waals surface area contributed by atoms with E-state index in [1.54, 1.807) is 17.4 Å². The average molecular weight is 709 g/mol. The van der Waals surface area contributed by atoms with E-state index in [-0.39, 0.29) is 5.57 Å². The van der Waals surface area contributed by atoms with Gasteiger partial charge in [-0.15, -0.1) is 22.7 Å². The molecule has 250 valence electrons. The Hall–Kier alpha value is -6.52. The summed E-state index contributed by atoms with van der Waals surface area (Å²) in [6.07, 6.45) is 9.94. The molecule has 0 aliphatic heterocycles. The summed E-state index contributed by atoms with van der Waals surface area (Å²) in [5.74, 6) is -1.22. The van der Waals surface area contributed by atoms with E-state index in [1.807, 2.05) is 48.5 Å². The van der Waals surface area contributed by atoms with E-state index in [1.165, 1.54) is 17.4 Å². The number of carboxylic acids is 1. The molecule has 0 fully saturated rings. The first-order valence-corrected chi connectivity index (χ1v) is 18.3. The molecule has 0 atom stereocenters. The number of nitrogens with zero attached hydrogens (tertiary/aromatic N) is 2. The Morgan fingerprint density at radius 1 is 0.519 bits per heavy atom. The van der Waals surface area contributed by atoms with Crippen LogP contribution >= 0.6 is 22.7 Å². The van der Waals surface area contributed by atoms with E-state index >= 15 is 0 Å². The Labute approximate surface area is 311 Å². The molecule has 0 unspecified atom stereocenters. The first kappa shape index (κ1) is 34.0. The number of hydrogen-bond donors (Lipinski definition) is 1. The maximum Gasteiger partial charge on any atom is 0.346 e. The van der Waals surface area contributed by atoms with Crippen molar-refractivity contribution >= 4 is 76.1 Å². The molecule has 1 N–H and O–H groups in total. The van der Waals surface area contributed by atoms with Crippen LogP contribution in [0.5, 0.6) is 0 Å². The smallest absolute Gasteiger partial charge is 0.346 e. The number of aliphatic carboxylic acids is 1. The summed E-state index contributed by atoms with van der Waals surface area (Å²) in [6, 6.07) is 56.2. The zero-order valence-corrected chi connectivity index (χ0v) is 29.6. The molecule has 0 bridgehead atoms. The Balaban J connectivity index is 1.15. The summed E-state index contributed by atoms with van der Waals surface area (Å²) < 4.78 is 0. The molecule has 0 spiro atoms. The second-order valence-corrected chi connectivity index (χ2v) is 14.1. The highest BCUT2D eigenvalue weighted by Crippen LogP contribution is 2.40. The average Bonchev–Trinajstić information content (AvgIpc) is 3.88. The van der Waals surface area contributed by atoms with Crippen LogP contribution in [0.15, 0.2) is 163 Å². The Morgan fingerprint density at radius 2 is 0.942 bits per heavy atom. The van der Waals surface area contributed by atoms with Crippen molar-refractivity contribution in [2.75, 3.05) is 4.90 Å². The normalized spacial score (nSPS) is 11.6. The van der Waals surface area contributed by atoms with Crippen LogP contribution in [0.4, 0.5) is 17.1 Å². The first-order valence-electron chi connectivity index (χ1n) is 16.6. The maximum atomic E-state index is 11.3. The van der Waals surface area contributed by atoms with Crippen molar-refractivity contribution < 1.29 is 9.90 Å². The van der Waals surface area contributed by atoms with E-state index in [0.29, 0.717) is 0 Å². The zero-order chi connectivity index (χ0) is 35.7. The molecule has 0 radical (unpaired) electrons. The fourth-order valence-corrected chi connectivity index (χ4v) is 7.73. The van der Waals surface area contributed by atoms with Gasteiger partial charge in [0.25, 0.3) is 0 Å². The molecule has 4 nitrogen and oxygen atoms in total. The van der Waals surface area contributed by atoms with Crippen LogP contribution in [0.3, 0.4) is 0 Å². The van der Waals surface area contributed by atoms with E-state index in [0.717, 1.165) is 64.4 Å². The van der Waals surface area contributed by atoms with Gasteiger partial charge in [-0.05, 0) is 94.6 Å². The molecule has 0 aliphatic carbocycles. The third-order valence-electron chi connectivity index (χ3n) is 8.36. The second kappa shape index (κ2) is 16.0. The lowest BCUT2D eigenvalue weighted by Crippen LogP contribution is -2.09. The topological polar surface area (TPSA) is 64.3 Å². The molecule has 2 aromatic heterocycles. The highest BCUT2D eigenvalue weighted by Gasteiger charge is 2.14. The predicted molar refractivity (Wildman–Crippen MR) is 220 cm³/mol. The minimum absolute atomic E-state index is 0.277. The van der Waals surface area contributed by atoms with Crippen LogP contribution < -0.4 is 4.90 Å². The van der Waals surface area contributed by atoms with Gasteiger partial charge in [-0.2, -0.15) is 5.26 Å². The minimum Gasteiger partial charge on any atom is -0.477 e. The number of carboxylic acid groups (broad SMARTS) is 1. The van der Waals surface area contributed by atoms with Crippen molar-refractivity contribution in [2.45, 2.75) is 0 Å². The van der Waals surface area contributed by atoms with Gasteiger partial charge in [-0.25, -0.2) is 4.79 Å². The van der Waals surface area contributed by atoms with E-state index in [4.69, 9.17) is 5.26 Å². The van der Waals surface area contributed by atoms with Gasteiger partial charge in [0, 0.05) is 36.6 Å². The molecule has 7 aromatic rings. The largest absolute Gasteiger partial charge is 0.477 e. The summed E-state index contributed by atoms with van der Waals surface area (Å²) in [7, 11) is 0. The van der Waals surface area contributed by atoms with Gasteiger partial charge >= 0.3 is 5.97 Å². The van der Waals surface area contributed by atoms with Crippen LogP contribution in [0.2, 0.25) is 0 Å². The summed E-state index contributed by atoms with van der Waals surface area (Å²) in [6.45, 7) is 0. The third-order valence-corrected chi connectivity index (χ3v) is 10.7. The number of carbonyl (C=O) groups is 1. The maximum absolute atomic E-state index is 11.3. The van der Waals surface area contributed by atoms with Crippen LogP contribution in [-0.2, 0) is 4.79 Å². The molecule has 6 heteroatoms. The molecule has 2 heterocycles. The van der Waals surface area contributed by atoms with Crippen molar-refractivity contribution in [3.8, 4) is 26.3 Å². The molecular weight excluding hydrogens is 677 g/mol. The zero-order valence-electron chi connectivity index (χ0n) is 28.0. The summed E-state index contributed by atoms with van der Waals surface area (Å²) in [5.41, 5.74) is 8.56. The minimum atomic E-state index is -1.22. The molecule has 0 aliphatic rings. The van der Waals surface area contributed by atoms with Crippen LogP contribution in [-0.4, -0.2) is 11.1 Å². The molecule has 52 heavy (non-hydrogen) atoms. The highest BCUT2D eigenvalue weighted by atomic mass is 32.1. The Morgan fingerprint density at radius 3 is 1.42 bits per heavy atom. The Bertz CT molecular complexity index is 2320. The highest BCUT2D eigenvalue weighted by molar-refractivity contribution is 7.24. The van der Waals surface area contributed by atoms with E-state index in [2.05, 4.69) is 138 Å². The lowest BCUT2D eigenvalue weighted by atomic mass is 10.1. The number of anilines is 3. The van der Waals surface area contributed by atoms with E-state index < -0.39 is 5.97 Å². The lowest BCUT2D eigenvalue weighted by molar-refractivity contribution is -0.132. The third kappa shape index (κ3) is 8.26. The molecule has 0 saturated heterocycles. The van der Waals surface area contributed by atoms with Crippen LogP contribution in [0.1, 0.15) is 27.1 Å². The van der Waals surface area contributed by atoms with E-state index in [9.17, 15) is 9.90 Å². The lowest BCUT2D eigenvalue weighted by Gasteiger charge is -2.26. The van der Waals surface area contributed by atoms with Crippen molar-refractivity contribution in [3.63, 3.8) is 0 Å². The monoisotopic (exact) mass is 708 g/mol. The molecule has 0 saturated carbocycles. The van der Waals surface area contributed by atoms with Gasteiger partial charge in [0.2, 0.25) is 0 Å². The number of nitriles is 1. The molecule has 7 rings (SSSR count). The van der Waals surface area contributed by atoms with Crippen molar-refractivity contribution in [1.29, 1.82) is 5.26 Å². The summed E-state index contributed by atoms with van der Waals surface area (Å²) >= 11 is 3.15. The molecule has 0 amide bonds. The summed E-state index contributed by atoms with van der Waals surface area (Å²) in [5, 5.41) is 18.3. The van der Waals surface area contributed by atoms with Crippen molar-refractivity contribution in [3.05, 3.63) is 190 Å². The van der Waals surface area contributed by atoms with Gasteiger partial charge in [-0.3, -0.25) is 0 Å². The fourth-order valence-electron chi connectivity index (χ4n) is 5.68. The number of rotatable bonds is 11. The van der Waals surface area contributed by atoms with Crippen LogP contribution in [0, 0.1) is 11.3 Å². The quantitative estimate of drug-likeness (QED) is 0.0825. The second-order valence-electron chi connectivity index (χ2n) is 11.9. The van der Waals surface area contributed by atoms with Gasteiger partial charge in [0.15, 0.2) is 0 Å².